The molecule has 0 saturated heterocycles. The lowest BCUT2D eigenvalue weighted by Gasteiger charge is -2.35. The van der Waals surface area contributed by atoms with Gasteiger partial charge in [0, 0.05) is 32.8 Å². The number of aldehydes is 1. The Hall–Kier alpha value is -3.30. The average Bonchev–Trinajstić information content (AvgIpc) is 2.87. The van der Waals surface area contributed by atoms with Crippen molar-refractivity contribution in [2.75, 3.05) is 7.11 Å². The minimum atomic E-state index is -1.61. The summed E-state index contributed by atoms with van der Waals surface area (Å²) >= 11 is 0. The topological polar surface area (TPSA) is 125 Å². The normalized spacial score (nSPS) is 30.9. The van der Waals surface area contributed by atoms with E-state index in [1.165, 1.54) is 0 Å². The van der Waals surface area contributed by atoms with E-state index in [9.17, 15) is 24.3 Å². The highest BCUT2D eigenvalue weighted by atomic mass is 16.6. The zero-order chi connectivity index (χ0) is 28.1. The number of aliphatic hydroxyl groups is 1. The number of aliphatic hydroxyl groups excluding tert-OH is 1. The molecule has 7 atom stereocenters. The summed E-state index contributed by atoms with van der Waals surface area (Å²) < 4.78 is 22.2. The van der Waals surface area contributed by atoms with E-state index in [4.69, 9.17) is 18.9 Å². The van der Waals surface area contributed by atoms with E-state index < -0.39 is 54.7 Å². The maximum atomic E-state index is 13.0. The number of esters is 3. The Labute approximate surface area is 223 Å². The number of benzene rings is 1. The van der Waals surface area contributed by atoms with Crippen LogP contribution in [0.2, 0.25) is 0 Å². The second kappa shape index (κ2) is 15.8. The van der Waals surface area contributed by atoms with Crippen molar-refractivity contribution in [1.29, 1.82) is 0 Å². The monoisotopic (exact) mass is 530 g/mol. The first-order valence-electron chi connectivity index (χ1n) is 12.8. The summed E-state index contributed by atoms with van der Waals surface area (Å²) in [6, 6.07) is 8.19. The molecule has 1 aromatic rings. The lowest BCUT2D eigenvalue weighted by molar-refractivity contribution is -0.169. The molecule has 0 aliphatic carbocycles. The fourth-order valence-corrected chi connectivity index (χ4v) is 4.48. The summed E-state index contributed by atoms with van der Waals surface area (Å²) in [5.41, 5.74) is 0.242. The summed E-state index contributed by atoms with van der Waals surface area (Å²) in [7, 11) is 1.57. The van der Waals surface area contributed by atoms with E-state index in [2.05, 4.69) is 0 Å². The number of methoxy groups -OCH3 is 1. The van der Waals surface area contributed by atoms with Crippen molar-refractivity contribution in [2.24, 2.45) is 11.8 Å². The molecule has 1 aliphatic heterocycles. The van der Waals surface area contributed by atoms with Crippen LogP contribution in [0.1, 0.15) is 56.8 Å². The van der Waals surface area contributed by atoms with Crippen LogP contribution < -0.4 is 0 Å². The van der Waals surface area contributed by atoms with Crippen LogP contribution in [-0.2, 0) is 33.3 Å². The van der Waals surface area contributed by atoms with Crippen molar-refractivity contribution in [3.63, 3.8) is 0 Å². The molecule has 1 N–H and O–H groups in total. The third kappa shape index (κ3) is 9.87. The van der Waals surface area contributed by atoms with Gasteiger partial charge in [0.05, 0.1) is 18.1 Å². The number of carbonyl (C=O) groups is 4. The van der Waals surface area contributed by atoms with Gasteiger partial charge in [-0.1, -0.05) is 49.4 Å². The van der Waals surface area contributed by atoms with Crippen LogP contribution in [0.3, 0.4) is 0 Å². The van der Waals surface area contributed by atoms with Crippen molar-refractivity contribution < 1.29 is 43.2 Å². The van der Waals surface area contributed by atoms with Crippen LogP contribution in [0.25, 0.3) is 0 Å². The Morgan fingerprint density at radius 3 is 2.47 bits per heavy atom. The van der Waals surface area contributed by atoms with Crippen LogP contribution in [0.4, 0.5) is 0 Å². The molecule has 0 fully saturated rings. The molecule has 0 spiro atoms. The quantitative estimate of drug-likeness (QED) is 0.334. The van der Waals surface area contributed by atoms with Gasteiger partial charge in [0.1, 0.15) is 30.7 Å². The van der Waals surface area contributed by atoms with Gasteiger partial charge in [-0.25, -0.2) is 4.79 Å². The van der Waals surface area contributed by atoms with Gasteiger partial charge < -0.3 is 28.8 Å². The van der Waals surface area contributed by atoms with Crippen LogP contribution in [0, 0.1) is 11.8 Å². The van der Waals surface area contributed by atoms with Crippen molar-refractivity contribution in [3.05, 3.63) is 60.2 Å². The highest BCUT2D eigenvalue weighted by molar-refractivity contribution is 5.89. The molecular weight excluding hydrogens is 492 g/mol. The van der Waals surface area contributed by atoms with Gasteiger partial charge in [0.25, 0.3) is 0 Å². The Bertz CT molecular complexity index is 972. The maximum absolute atomic E-state index is 13.0. The number of cyclic esters (lactones) is 1. The van der Waals surface area contributed by atoms with E-state index in [-0.39, 0.29) is 24.0 Å². The standard InChI is InChI=1S/C29H38O9/c1-19-17-23(15-16-30)28(38-29(34)22-12-8-6-9-13-22)27(33)25(37-21(3)31)18-26(32)36-20(2)11-7-5-10-14-24(19)35-4/h5-10,12-14,16,19-20,23-25,27-28,33H,11,15,17-18H2,1-4H3/b7-5+,14-10+/t19-,20-,23+,24?,25-,27+,28+/m1/s1. The van der Waals surface area contributed by atoms with Crippen LogP contribution >= 0.6 is 0 Å². The Morgan fingerprint density at radius 2 is 1.84 bits per heavy atom. The molecule has 208 valence electrons. The smallest absolute Gasteiger partial charge is 0.338 e. The number of hydrogen-bond acceptors (Lipinski definition) is 9. The third-order valence-electron chi connectivity index (χ3n) is 6.38. The van der Waals surface area contributed by atoms with Gasteiger partial charge >= 0.3 is 17.9 Å². The summed E-state index contributed by atoms with van der Waals surface area (Å²) in [6.07, 6.45) is 3.25. The van der Waals surface area contributed by atoms with Crippen molar-refractivity contribution in [2.45, 2.75) is 77.0 Å². The highest BCUT2D eigenvalue weighted by Crippen LogP contribution is 2.30. The van der Waals surface area contributed by atoms with Gasteiger partial charge in [0.15, 0.2) is 0 Å². The fraction of sp³-hybridized carbons (Fsp3) is 0.517. The molecule has 1 unspecified atom stereocenters. The molecule has 2 rings (SSSR count). The highest BCUT2D eigenvalue weighted by Gasteiger charge is 2.40. The first kappa shape index (κ1) is 30.9. The molecule has 0 radical (unpaired) electrons. The number of rotatable bonds is 6. The molecule has 38 heavy (non-hydrogen) atoms. The lowest BCUT2D eigenvalue weighted by Crippen LogP contribution is -2.48. The predicted molar refractivity (Wildman–Crippen MR) is 139 cm³/mol. The summed E-state index contributed by atoms with van der Waals surface area (Å²) in [5, 5.41) is 11.4. The van der Waals surface area contributed by atoms with E-state index in [1.54, 1.807) is 44.4 Å². The van der Waals surface area contributed by atoms with Crippen LogP contribution in [-0.4, -0.2) is 66.9 Å². The van der Waals surface area contributed by atoms with E-state index in [0.717, 1.165) is 6.92 Å². The zero-order valence-corrected chi connectivity index (χ0v) is 22.4. The van der Waals surface area contributed by atoms with E-state index in [0.29, 0.717) is 19.1 Å². The van der Waals surface area contributed by atoms with Gasteiger partial charge in [-0.05, 0) is 31.4 Å². The van der Waals surface area contributed by atoms with Crippen molar-refractivity contribution in [3.8, 4) is 0 Å². The molecule has 0 aromatic heterocycles. The molecule has 0 amide bonds. The summed E-state index contributed by atoms with van der Waals surface area (Å²) in [6.45, 7) is 4.79. The number of allylic oxidation sites excluding steroid dienone is 2. The van der Waals surface area contributed by atoms with Gasteiger partial charge in [-0.3, -0.25) is 9.59 Å². The molecule has 1 heterocycles. The first-order chi connectivity index (χ1) is 18.2. The number of carbonyl (C=O) groups excluding carboxylic acids is 4. The summed E-state index contributed by atoms with van der Waals surface area (Å²) in [4.78, 5) is 49.3. The van der Waals surface area contributed by atoms with Crippen LogP contribution in [0.15, 0.2) is 54.6 Å². The minimum absolute atomic E-state index is 0.0531. The largest absolute Gasteiger partial charge is 0.462 e. The molecular formula is C29H38O9. The van der Waals surface area contributed by atoms with E-state index >= 15 is 0 Å². The van der Waals surface area contributed by atoms with Crippen molar-refractivity contribution in [1.82, 2.24) is 0 Å². The second-order valence-electron chi connectivity index (χ2n) is 9.50. The Balaban J connectivity index is 2.52. The first-order valence-corrected chi connectivity index (χ1v) is 12.8. The lowest BCUT2D eigenvalue weighted by atomic mass is 9.82. The SMILES string of the molecule is COC1/C=C/C=C/C[C@@H](C)OC(=O)C[C@@H](OC(C)=O)[C@H](O)[C@@H](OC(=O)c2ccccc2)[C@@H](CC=O)C[C@H]1C. The molecule has 9 heteroatoms. The van der Waals surface area contributed by atoms with Crippen LogP contribution in [0.5, 0.6) is 0 Å². The van der Waals surface area contributed by atoms with Gasteiger partial charge in [-0.15, -0.1) is 0 Å². The maximum Gasteiger partial charge on any atom is 0.338 e. The number of ether oxygens (including phenoxy) is 4. The molecule has 0 bridgehead atoms. The fourth-order valence-electron chi connectivity index (χ4n) is 4.48. The molecule has 1 aliphatic rings. The van der Waals surface area contributed by atoms with E-state index in [1.807, 2.05) is 31.2 Å². The van der Waals surface area contributed by atoms with Gasteiger partial charge in [-0.2, -0.15) is 0 Å². The molecule has 1 aromatic carbocycles. The third-order valence-corrected chi connectivity index (χ3v) is 6.38. The zero-order valence-electron chi connectivity index (χ0n) is 22.4. The van der Waals surface area contributed by atoms with Crippen molar-refractivity contribution >= 4 is 24.2 Å². The summed E-state index contributed by atoms with van der Waals surface area (Å²) in [5.74, 6) is -2.97. The average molecular weight is 531 g/mol. The predicted octanol–water partition coefficient (Wildman–Crippen LogP) is 3.59. The molecule has 0 saturated carbocycles. The second-order valence-corrected chi connectivity index (χ2v) is 9.50. The number of hydrogen-bond donors (Lipinski definition) is 1. The Kier molecular flexibility index (Phi) is 12.9. The molecule has 9 nitrogen and oxygen atoms in total. The Morgan fingerprint density at radius 1 is 1.13 bits per heavy atom. The van der Waals surface area contributed by atoms with Gasteiger partial charge in [0.2, 0.25) is 0 Å². The minimum Gasteiger partial charge on any atom is -0.462 e.